The highest BCUT2D eigenvalue weighted by molar-refractivity contribution is 7.99. The summed E-state index contributed by atoms with van der Waals surface area (Å²) in [5.41, 5.74) is 0. The Kier molecular flexibility index (Phi) is 7.47. The summed E-state index contributed by atoms with van der Waals surface area (Å²) in [6.07, 6.45) is 0.324. The first-order chi connectivity index (χ1) is 14.5. The monoisotopic (exact) mass is 447 g/mol. The number of thioether (sulfide) groups is 1. The summed E-state index contributed by atoms with van der Waals surface area (Å²) in [6.45, 7) is 0. The summed E-state index contributed by atoms with van der Waals surface area (Å²) in [7, 11) is -1.83. The largest absolute Gasteiger partial charge is 0.497 e. The van der Waals surface area contributed by atoms with Crippen molar-refractivity contribution in [3.8, 4) is 5.75 Å². The normalized spacial score (nSPS) is 11.2. The number of ether oxygens (including phenoxy) is 1. The highest BCUT2D eigenvalue weighted by Crippen LogP contribution is 2.22. The molecule has 0 spiro atoms. The van der Waals surface area contributed by atoms with Crippen molar-refractivity contribution in [2.45, 2.75) is 22.6 Å². The van der Waals surface area contributed by atoms with E-state index in [-0.39, 0.29) is 41.3 Å². The third-order valence-corrected chi connectivity index (χ3v) is 6.80. The summed E-state index contributed by atoms with van der Waals surface area (Å²) in [5, 5.41) is 10.1. The lowest BCUT2D eigenvalue weighted by atomic mass is 10.3. The average Bonchev–Trinajstić information content (AvgIpc) is 3.21. The molecule has 0 radical (unpaired) electrons. The number of anilines is 1. The molecule has 30 heavy (non-hydrogen) atoms. The average molecular weight is 448 g/mol. The Balaban J connectivity index is 1.43. The number of benzene rings is 2. The molecule has 0 saturated heterocycles. The number of hydrogen-bond acceptors (Lipinski definition) is 8. The number of amides is 1. The molecule has 1 aromatic heterocycles. The molecule has 0 unspecified atom stereocenters. The molecule has 0 fully saturated rings. The second-order valence-electron chi connectivity index (χ2n) is 6.21. The molecular formula is C20H21N3O5S2. The number of carbonyl (C=O) groups is 1. The van der Waals surface area contributed by atoms with Crippen LogP contribution in [-0.4, -0.2) is 43.1 Å². The molecule has 2 aromatic carbocycles. The van der Waals surface area contributed by atoms with Crippen LogP contribution in [0.4, 0.5) is 6.01 Å². The standard InChI is InChI=1S/C20H21N3O5S2/c1-27-15-7-9-16(10-8-15)29-13-11-18(24)21-20-23-22-19(28-20)12-14-30(25,26)17-5-3-2-4-6-17/h2-10H,11-14H2,1H3,(H,21,23,24). The molecule has 0 aliphatic carbocycles. The van der Waals surface area contributed by atoms with Crippen molar-refractivity contribution in [2.75, 3.05) is 23.9 Å². The molecule has 0 aliphatic rings. The number of rotatable bonds is 10. The van der Waals surface area contributed by atoms with E-state index in [9.17, 15) is 13.2 Å². The van der Waals surface area contributed by atoms with Crippen molar-refractivity contribution < 1.29 is 22.4 Å². The maximum Gasteiger partial charge on any atom is 0.322 e. The van der Waals surface area contributed by atoms with Crippen LogP contribution < -0.4 is 10.1 Å². The quantitative estimate of drug-likeness (QED) is 0.472. The van der Waals surface area contributed by atoms with E-state index in [1.54, 1.807) is 49.2 Å². The maximum absolute atomic E-state index is 12.3. The van der Waals surface area contributed by atoms with E-state index in [1.807, 2.05) is 24.3 Å². The molecule has 0 saturated carbocycles. The number of nitrogens with one attached hydrogen (secondary N) is 1. The molecule has 1 amide bonds. The summed E-state index contributed by atoms with van der Waals surface area (Å²) >= 11 is 1.54. The molecule has 8 nitrogen and oxygen atoms in total. The molecule has 0 bridgehead atoms. The predicted molar refractivity (Wildman–Crippen MR) is 113 cm³/mol. The number of methoxy groups -OCH3 is 1. The predicted octanol–water partition coefficient (Wildman–Crippen LogP) is 3.22. The number of sulfone groups is 1. The van der Waals surface area contributed by atoms with Crippen LogP contribution in [0.1, 0.15) is 12.3 Å². The summed E-state index contributed by atoms with van der Waals surface area (Å²) in [5.74, 6) is 1.08. The van der Waals surface area contributed by atoms with Crippen LogP contribution in [0.25, 0.3) is 0 Å². The Bertz CT molecular complexity index is 1070. The van der Waals surface area contributed by atoms with Crippen LogP contribution in [0, 0.1) is 0 Å². The number of carbonyl (C=O) groups excluding carboxylic acids is 1. The van der Waals surface area contributed by atoms with E-state index < -0.39 is 9.84 Å². The molecule has 1 heterocycles. The SMILES string of the molecule is COc1ccc(SCCC(=O)Nc2nnc(CCS(=O)(=O)c3ccccc3)o2)cc1. The lowest BCUT2D eigenvalue weighted by Crippen LogP contribution is -2.12. The fourth-order valence-corrected chi connectivity index (χ4v) is 4.59. The van der Waals surface area contributed by atoms with Gasteiger partial charge in [0.1, 0.15) is 5.75 Å². The number of aromatic nitrogens is 2. The lowest BCUT2D eigenvalue weighted by Gasteiger charge is -2.03. The van der Waals surface area contributed by atoms with Gasteiger partial charge in [0, 0.05) is 23.5 Å². The molecule has 10 heteroatoms. The summed E-state index contributed by atoms with van der Waals surface area (Å²) in [6, 6.07) is 15.7. The first-order valence-electron chi connectivity index (χ1n) is 9.13. The van der Waals surface area contributed by atoms with Gasteiger partial charge in [-0.3, -0.25) is 10.1 Å². The Morgan fingerprint density at radius 2 is 1.83 bits per heavy atom. The lowest BCUT2D eigenvalue weighted by molar-refractivity contribution is -0.115. The minimum Gasteiger partial charge on any atom is -0.497 e. The first-order valence-corrected chi connectivity index (χ1v) is 11.8. The fourth-order valence-electron chi connectivity index (χ4n) is 2.49. The third kappa shape index (κ3) is 6.33. The van der Waals surface area contributed by atoms with Crippen LogP contribution in [0.5, 0.6) is 5.75 Å². The molecule has 158 valence electrons. The minimum absolute atomic E-state index is 0.0402. The first kappa shape index (κ1) is 21.8. The Labute approximate surface area is 179 Å². The minimum atomic E-state index is -3.44. The van der Waals surface area contributed by atoms with E-state index >= 15 is 0 Å². The van der Waals surface area contributed by atoms with Gasteiger partial charge in [0.05, 0.1) is 17.8 Å². The van der Waals surface area contributed by atoms with Gasteiger partial charge in [0.2, 0.25) is 11.8 Å². The van der Waals surface area contributed by atoms with Gasteiger partial charge in [-0.1, -0.05) is 23.3 Å². The van der Waals surface area contributed by atoms with Crippen molar-refractivity contribution in [3.05, 3.63) is 60.5 Å². The van der Waals surface area contributed by atoms with Crippen molar-refractivity contribution >= 4 is 33.5 Å². The van der Waals surface area contributed by atoms with Crippen LogP contribution in [0.3, 0.4) is 0 Å². The zero-order valence-electron chi connectivity index (χ0n) is 16.3. The van der Waals surface area contributed by atoms with E-state index in [4.69, 9.17) is 9.15 Å². The topological polar surface area (TPSA) is 111 Å². The van der Waals surface area contributed by atoms with Gasteiger partial charge >= 0.3 is 6.01 Å². The van der Waals surface area contributed by atoms with Gasteiger partial charge in [-0.05, 0) is 36.4 Å². The number of hydrogen-bond donors (Lipinski definition) is 1. The number of nitrogens with zero attached hydrogens (tertiary/aromatic N) is 2. The highest BCUT2D eigenvalue weighted by atomic mass is 32.2. The van der Waals surface area contributed by atoms with E-state index in [1.165, 1.54) is 0 Å². The van der Waals surface area contributed by atoms with Crippen molar-refractivity contribution in [1.82, 2.24) is 10.2 Å². The molecule has 1 N–H and O–H groups in total. The van der Waals surface area contributed by atoms with Crippen LogP contribution in [-0.2, 0) is 21.1 Å². The second-order valence-corrected chi connectivity index (χ2v) is 9.48. The molecule has 3 aromatic rings. The Hall–Kier alpha value is -2.85. The smallest absolute Gasteiger partial charge is 0.322 e. The van der Waals surface area contributed by atoms with Gasteiger partial charge < -0.3 is 9.15 Å². The van der Waals surface area contributed by atoms with Crippen molar-refractivity contribution in [1.29, 1.82) is 0 Å². The van der Waals surface area contributed by atoms with Crippen molar-refractivity contribution in [3.63, 3.8) is 0 Å². The zero-order valence-corrected chi connectivity index (χ0v) is 17.9. The van der Waals surface area contributed by atoms with Crippen LogP contribution >= 0.6 is 11.8 Å². The molecule has 0 aliphatic heterocycles. The molecule has 3 rings (SSSR count). The molecular weight excluding hydrogens is 426 g/mol. The van der Waals surface area contributed by atoms with E-state index in [2.05, 4.69) is 15.5 Å². The third-order valence-electron chi connectivity index (χ3n) is 4.06. The summed E-state index contributed by atoms with van der Waals surface area (Å²) < 4.78 is 35.0. The van der Waals surface area contributed by atoms with Crippen molar-refractivity contribution in [2.24, 2.45) is 0 Å². The highest BCUT2D eigenvalue weighted by Gasteiger charge is 2.17. The maximum atomic E-state index is 12.3. The van der Waals surface area contributed by atoms with Gasteiger partial charge in [-0.2, -0.15) is 0 Å². The summed E-state index contributed by atoms with van der Waals surface area (Å²) in [4.78, 5) is 13.3. The van der Waals surface area contributed by atoms with Gasteiger partial charge in [0.15, 0.2) is 9.84 Å². The van der Waals surface area contributed by atoms with E-state index in [0.717, 1.165) is 10.6 Å². The van der Waals surface area contributed by atoms with E-state index in [0.29, 0.717) is 5.75 Å². The van der Waals surface area contributed by atoms with Crippen LogP contribution in [0.15, 0.2) is 68.8 Å². The molecule has 0 atom stereocenters. The Morgan fingerprint density at radius 3 is 2.53 bits per heavy atom. The Morgan fingerprint density at radius 1 is 1.10 bits per heavy atom. The van der Waals surface area contributed by atoms with Gasteiger partial charge in [-0.25, -0.2) is 8.42 Å². The fraction of sp³-hybridized carbons (Fsp3) is 0.250. The van der Waals surface area contributed by atoms with Gasteiger partial charge in [-0.15, -0.1) is 16.9 Å². The number of aryl methyl sites for hydroxylation is 1. The van der Waals surface area contributed by atoms with Crippen LogP contribution in [0.2, 0.25) is 0 Å². The van der Waals surface area contributed by atoms with Gasteiger partial charge in [0.25, 0.3) is 0 Å². The second kappa shape index (κ2) is 10.3. The zero-order chi connectivity index (χ0) is 21.4.